The van der Waals surface area contributed by atoms with Crippen LogP contribution in [-0.4, -0.2) is 120 Å². The number of hydrogen-bond acceptors (Lipinski definition) is 12. The third-order valence-corrected chi connectivity index (χ3v) is 6.98. The van der Waals surface area contributed by atoms with Crippen molar-refractivity contribution in [3.8, 4) is 0 Å². The van der Waals surface area contributed by atoms with Gasteiger partial charge in [-0.25, -0.2) is 0 Å². The molecule has 0 saturated carbocycles. The Morgan fingerprint density at radius 2 is 1.15 bits per heavy atom. The molecule has 0 unspecified atom stereocenters. The fraction of sp³-hybridized carbons (Fsp3) is 0.808. The Labute approximate surface area is 296 Å². The second-order valence-corrected chi connectivity index (χ2v) is 10.3. The number of nitrogens with zero attached hydrogens (tertiary/aromatic N) is 4. The molecular formula is C26H42GdN4NaO9. The van der Waals surface area contributed by atoms with Gasteiger partial charge >= 0.3 is 69.5 Å². The summed E-state index contributed by atoms with van der Waals surface area (Å²) in [6, 6.07) is 0. The number of carboxylic acid groups (broad SMARTS) is 4. The second kappa shape index (κ2) is 23.0. The van der Waals surface area contributed by atoms with Crippen LogP contribution in [0.5, 0.6) is 0 Å². The molecule has 0 spiro atoms. The van der Waals surface area contributed by atoms with Gasteiger partial charge in [-0.1, -0.05) is 33.1 Å². The summed E-state index contributed by atoms with van der Waals surface area (Å²) in [6.07, 6.45) is 4.93. The molecule has 1 radical (unpaired) electrons. The minimum absolute atomic E-state index is 0. The molecule has 1 fully saturated rings. The first-order chi connectivity index (χ1) is 18.4. The minimum Gasteiger partial charge on any atom is -0.549 e. The summed E-state index contributed by atoms with van der Waals surface area (Å²) < 4.78 is 0. The molecule has 1 amide bonds. The van der Waals surface area contributed by atoms with Crippen LogP contribution in [-0.2, 0) is 24.0 Å². The van der Waals surface area contributed by atoms with Gasteiger partial charge < -0.3 is 44.5 Å². The van der Waals surface area contributed by atoms with Gasteiger partial charge in [0.2, 0.25) is 5.91 Å². The van der Waals surface area contributed by atoms with E-state index in [4.69, 9.17) is 0 Å². The minimum atomic E-state index is -1.55. The molecule has 0 N–H and O–H groups in total. The standard InChI is InChI=1S/C26H46N4O9.Gd.Na/c1-3-5-11-29(12-6-4-2)21(31)9-7-8-10-26(30(17-24(36)37)18-25(38)39)19-27(15-22(32)33)13-14-28(20-26)16-23(34)35;;/h3-20H2,1-2H3,(H,32,33)(H,34,35)(H,36,37)(H,38,39);;/q;+3;+1/p-4. The first-order valence-corrected chi connectivity index (χ1v) is 13.7. The van der Waals surface area contributed by atoms with Gasteiger partial charge in [-0.3, -0.25) is 19.5 Å². The summed E-state index contributed by atoms with van der Waals surface area (Å²) in [4.78, 5) is 64.8. The Hall–Kier alpha value is -0.445. The Kier molecular flexibility index (Phi) is 24.0. The molecule has 41 heavy (non-hydrogen) atoms. The van der Waals surface area contributed by atoms with Crippen molar-refractivity contribution in [2.45, 2.75) is 70.8 Å². The summed E-state index contributed by atoms with van der Waals surface area (Å²) >= 11 is 0. The zero-order valence-corrected chi connectivity index (χ0v) is 28.8. The monoisotopic (exact) mass is 735 g/mol. The van der Waals surface area contributed by atoms with Gasteiger partial charge in [-0.2, -0.15) is 0 Å². The molecule has 1 saturated heterocycles. The number of carboxylic acids is 4. The topological polar surface area (TPSA) is 191 Å². The Balaban J connectivity index is 0. The van der Waals surface area contributed by atoms with Crippen LogP contribution < -0.4 is 50.0 Å². The fourth-order valence-corrected chi connectivity index (χ4v) is 5.13. The van der Waals surface area contributed by atoms with E-state index >= 15 is 0 Å². The SMILES string of the molecule is CCCCN(CCCC)C(=O)CCCCC1(N(CC(=O)[O-])CC(=O)[O-])CN(CC(=O)[O-])CCN(CC(=O)[O-])C1.[Gd+3].[Na+]. The zero-order chi connectivity index (χ0) is 29.4. The Bertz CT molecular complexity index is 787. The number of carbonyl (C=O) groups is 5. The van der Waals surface area contributed by atoms with Crippen LogP contribution in [0.2, 0.25) is 0 Å². The number of carbonyl (C=O) groups excluding carboxylic acids is 5. The van der Waals surface area contributed by atoms with Crippen molar-refractivity contribution < 1.29 is 114 Å². The normalized spacial score (nSPS) is 15.3. The molecule has 0 aliphatic carbocycles. The Morgan fingerprint density at radius 1 is 0.707 bits per heavy atom. The predicted molar refractivity (Wildman–Crippen MR) is 132 cm³/mol. The number of hydrogen-bond donors (Lipinski definition) is 0. The first kappa shape index (κ1) is 42.7. The van der Waals surface area contributed by atoms with Crippen LogP contribution in [0.1, 0.15) is 65.2 Å². The van der Waals surface area contributed by atoms with E-state index in [1.54, 1.807) is 0 Å². The predicted octanol–water partition coefficient (Wildman–Crippen LogP) is -7.36. The Morgan fingerprint density at radius 3 is 1.51 bits per heavy atom. The number of unbranched alkanes of at least 4 members (excludes halogenated alkanes) is 3. The van der Waals surface area contributed by atoms with Crippen molar-refractivity contribution in [2.24, 2.45) is 0 Å². The van der Waals surface area contributed by atoms with Crippen LogP contribution >= 0.6 is 0 Å². The largest absolute Gasteiger partial charge is 3.00 e. The molecule has 1 aliphatic heterocycles. The van der Waals surface area contributed by atoms with Crippen LogP contribution in [0.4, 0.5) is 0 Å². The van der Waals surface area contributed by atoms with Crippen molar-refractivity contribution >= 4 is 29.8 Å². The van der Waals surface area contributed by atoms with Crippen molar-refractivity contribution in [3.63, 3.8) is 0 Å². The van der Waals surface area contributed by atoms with Crippen molar-refractivity contribution in [1.82, 2.24) is 19.6 Å². The fourth-order valence-electron chi connectivity index (χ4n) is 5.13. The number of aliphatic carboxylic acids is 4. The molecule has 0 aromatic heterocycles. The third-order valence-electron chi connectivity index (χ3n) is 6.98. The molecule has 13 nitrogen and oxygen atoms in total. The molecule has 0 bridgehead atoms. The third kappa shape index (κ3) is 17.4. The average molecular weight is 735 g/mol. The summed E-state index contributed by atoms with van der Waals surface area (Å²) in [5.41, 5.74) is -1.28. The quantitative estimate of drug-likeness (QED) is 0.0850. The van der Waals surface area contributed by atoms with E-state index in [0.717, 1.165) is 30.6 Å². The smallest absolute Gasteiger partial charge is 0.549 e. The van der Waals surface area contributed by atoms with Crippen molar-refractivity contribution in [1.29, 1.82) is 0 Å². The van der Waals surface area contributed by atoms with Gasteiger partial charge in [0.1, 0.15) is 0 Å². The maximum atomic E-state index is 12.9. The van der Waals surface area contributed by atoms with Gasteiger partial charge in [-0.05, 0) is 25.7 Å². The number of rotatable bonds is 20. The van der Waals surface area contributed by atoms with Crippen molar-refractivity contribution in [2.75, 3.05) is 65.4 Å². The van der Waals surface area contributed by atoms with E-state index in [2.05, 4.69) is 0 Å². The summed E-state index contributed by atoms with van der Waals surface area (Å²) in [5.74, 6) is -5.85. The van der Waals surface area contributed by atoms with Gasteiger partial charge in [-0.15, -0.1) is 0 Å². The summed E-state index contributed by atoms with van der Waals surface area (Å²) in [7, 11) is 0. The molecule has 1 aliphatic rings. The van der Waals surface area contributed by atoms with Crippen LogP contribution in [0.25, 0.3) is 0 Å². The van der Waals surface area contributed by atoms with E-state index < -0.39 is 55.6 Å². The average Bonchev–Trinajstić information content (AvgIpc) is 2.99. The van der Waals surface area contributed by atoms with E-state index in [9.17, 15) is 44.4 Å². The molecule has 229 valence electrons. The van der Waals surface area contributed by atoms with Gasteiger partial charge in [0, 0.05) is 77.4 Å². The van der Waals surface area contributed by atoms with Crippen LogP contribution in [0.3, 0.4) is 0 Å². The van der Waals surface area contributed by atoms with E-state index in [1.165, 1.54) is 9.80 Å². The van der Waals surface area contributed by atoms with Crippen molar-refractivity contribution in [3.05, 3.63) is 0 Å². The first-order valence-electron chi connectivity index (χ1n) is 13.7. The molecule has 1 rings (SSSR count). The van der Waals surface area contributed by atoms with E-state index in [1.807, 2.05) is 18.7 Å². The molecular weight excluding hydrogens is 693 g/mol. The van der Waals surface area contributed by atoms with E-state index in [-0.39, 0.29) is 114 Å². The molecule has 0 aromatic carbocycles. The summed E-state index contributed by atoms with van der Waals surface area (Å²) in [6.45, 7) is 3.00. The van der Waals surface area contributed by atoms with Gasteiger partial charge in [0.05, 0.1) is 23.9 Å². The molecule has 0 aromatic rings. The van der Waals surface area contributed by atoms with Crippen LogP contribution in [0, 0.1) is 39.9 Å². The maximum absolute atomic E-state index is 12.9. The molecule has 1 heterocycles. The van der Waals surface area contributed by atoms with Gasteiger partial charge in [0.25, 0.3) is 0 Å². The molecule has 15 heteroatoms. The summed E-state index contributed by atoms with van der Waals surface area (Å²) in [5, 5.41) is 46.0. The van der Waals surface area contributed by atoms with E-state index in [0.29, 0.717) is 25.9 Å². The van der Waals surface area contributed by atoms with Gasteiger partial charge in [0.15, 0.2) is 0 Å². The number of amides is 1. The zero-order valence-electron chi connectivity index (χ0n) is 24.5. The second-order valence-electron chi connectivity index (χ2n) is 10.3. The maximum Gasteiger partial charge on any atom is 3.00 e. The molecule has 0 atom stereocenters. The van der Waals surface area contributed by atoms with Crippen LogP contribution in [0.15, 0.2) is 0 Å².